The third-order valence-corrected chi connectivity index (χ3v) is 5.21. The first-order valence-corrected chi connectivity index (χ1v) is 8.48. The summed E-state index contributed by atoms with van der Waals surface area (Å²) in [7, 11) is 0. The molecule has 0 bridgehead atoms. The van der Waals surface area contributed by atoms with Gasteiger partial charge in [0.1, 0.15) is 5.01 Å². The average molecular weight is 294 g/mol. The van der Waals surface area contributed by atoms with Gasteiger partial charge in [-0.2, -0.15) is 0 Å². The van der Waals surface area contributed by atoms with Crippen molar-refractivity contribution >= 4 is 22.4 Å². The third kappa shape index (κ3) is 3.55. The summed E-state index contributed by atoms with van der Waals surface area (Å²) in [6.07, 6.45) is 8.78. The van der Waals surface area contributed by atoms with E-state index in [-0.39, 0.29) is 5.91 Å². The standard InChI is InChI=1S/C14H22N4OS/c19-12(10-18-8-4-5-9-18)15-14-17-16-13(20-14)11-6-2-1-3-7-11/h11H,1-10H2,(H,15,17,19). The Bertz CT molecular complexity index is 450. The molecule has 1 saturated carbocycles. The van der Waals surface area contributed by atoms with E-state index in [0.717, 1.165) is 18.1 Å². The monoisotopic (exact) mass is 294 g/mol. The summed E-state index contributed by atoms with van der Waals surface area (Å²) in [5.41, 5.74) is 0. The normalized spacial score (nSPS) is 21.2. The Morgan fingerprint density at radius 2 is 1.90 bits per heavy atom. The minimum Gasteiger partial charge on any atom is -0.299 e. The fraction of sp³-hybridized carbons (Fsp3) is 0.786. The van der Waals surface area contributed by atoms with Gasteiger partial charge in [-0.25, -0.2) is 0 Å². The fourth-order valence-electron chi connectivity index (χ4n) is 3.10. The van der Waals surface area contributed by atoms with E-state index in [1.807, 2.05) is 0 Å². The van der Waals surface area contributed by atoms with E-state index in [2.05, 4.69) is 20.4 Å². The van der Waals surface area contributed by atoms with Crippen molar-refractivity contribution in [3.05, 3.63) is 5.01 Å². The number of likely N-dealkylation sites (tertiary alicyclic amines) is 1. The molecule has 110 valence electrons. The van der Waals surface area contributed by atoms with Crippen molar-refractivity contribution in [1.82, 2.24) is 15.1 Å². The molecular weight excluding hydrogens is 272 g/mol. The van der Waals surface area contributed by atoms with E-state index in [9.17, 15) is 4.79 Å². The van der Waals surface area contributed by atoms with Crippen molar-refractivity contribution in [3.8, 4) is 0 Å². The van der Waals surface area contributed by atoms with Crippen molar-refractivity contribution in [2.75, 3.05) is 25.0 Å². The second-order valence-electron chi connectivity index (χ2n) is 5.81. The second-order valence-corrected chi connectivity index (χ2v) is 6.82. The predicted molar refractivity (Wildman–Crippen MR) is 80.0 cm³/mol. The summed E-state index contributed by atoms with van der Waals surface area (Å²) in [4.78, 5) is 14.1. The highest BCUT2D eigenvalue weighted by molar-refractivity contribution is 7.15. The Hall–Kier alpha value is -1.01. The van der Waals surface area contributed by atoms with Crippen LogP contribution in [0.1, 0.15) is 55.9 Å². The highest BCUT2D eigenvalue weighted by Crippen LogP contribution is 2.35. The highest BCUT2D eigenvalue weighted by atomic mass is 32.1. The average Bonchev–Trinajstić information content (AvgIpc) is 3.11. The number of anilines is 1. The molecule has 3 rings (SSSR count). The van der Waals surface area contributed by atoms with E-state index in [4.69, 9.17) is 0 Å². The Morgan fingerprint density at radius 3 is 2.65 bits per heavy atom. The lowest BCUT2D eigenvalue weighted by molar-refractivity contribution is -0.117. The zero-order chi connectivity index (χ0) is 13.8. The molecule has 5 nitrogen and oxygen atoms in total. The van der Waals surface area contributed by atoms with Gasteiger partial charge >= 0.3 is 0 Å². The van der Waals surface area contributed by atoms with Crippen molar-refractivity contribution in [2.45, 2.75) is 50.9 Å². The number of nitrogens with zero attached hydrogens (tertiary/aromatic N) is 3. The van der Waals surface area contributed by atoms with Crippen molar-refractivity contribution in [3.63, 3.8) is 0 Å². The molecule has 0 aromatic carbocycles. The van der Waals surface area contributed by atoms with Crippen molar-refractivity contribution < 1.29 is 4.79 Å². The summed E-state index contributed by atoms with van der Waals surface area (Å²) < 4.78 is 0. The molecule has 1 N–H and O–H groups in total. The molecule has 1 aliphatic carbocycles. The van der Waals surface area contributed by atoms with Gasteiger partial charge < -0.3 is 0 Å². The van der Waals surface area contributed by atoms with Gasteiger partial charge in [-0.3, -0.25) is 15.0 Å². The predicted octanol–water partition coefficient (Wildman–Crippen LogP) is 2.62. The third-order valence-electron chi connectivity index (χ3n) is 4.21. The lowest BCUT2D eigenvalue weighted by atomic mass is 9.90. The van der Waals surface area contributed by atoms with Gasteiger partial charge in [0, 0.05) is 5.92 Å². The highest BCUT2D eigenvalue weighted by Gasteiger charge is 2.21. The largest absolute Gasteiger partial charge is 0.299 e. The minimum atomic E-state index is 0.0400. The molecule has 2 fully saturated rings. The molecule has 0 unspecified atom stereocenters. The van der Waals surface area contributed by atoms with Crippen LogP contribution in [0.2, 0.25) is 0 Å². The molecule has 2 heterocycles. The van der Waals surface area contributed by atoms with Crippen LogP contribution in [0, 0.1) is 0 Å². The Kier molecular flexibility index (Phi) is 4.62. The molecule has 0 spiro atoms. The zero-order valence-electron chi connectivity index (χ0n) is 11.8. The van der Waals surface area contributed by atoms with Crippen LogP contribution in [0.15, 0.2) is 0 Å². The number of rotatable bonds is 4. The summed E-state index contributed by atoms with van der Waals surface area (Å²) in [5.74, 6) is 0.601. The first-order chi connectivity index (χ1) is 9.81. The summed E-state index contributed by atoms with van der Waals surface area (Å²) >= 11 is 1.55. The van der Waals surface area contributed by atoms with Crippen LogP contribution in [0.4, 0.5) is 5.13 Å². The molecule has 1 aromatic rings. The maximum Gasteiger partial charge on any atom is 0.240 e. The Morgan fingerprint density at radius 1 is 1.15 bits per heavy atom. The number of aromatic nitrogens is 2. The van der Waals surface area contributed by atoms with Gasteiger partial charge in [0.25, 0.3) is 0 Å². The van der Waals surface area contributed by atoms with Gasteiger partial charge in [0.2, 0.25) is 11.0 Å². The molecule has 20 heavy (non-hydrogen) atoms. The van der Waals surface area contributed by atoms with E-state index >= 15 is 0 Å². The van der Waals surface area contributed by atoms with Gasteiger partial charge in [0.05, 0.1) is 6.54 Å². The SMILES string of the molecule is O=C(CN1CCCC1)Nc1nnc(C2CCCCC2)s1. The van der Waals surface area contributed by atoms with Gasteiger partial charge in [-0.05, 0) is 38.8 Å². The van der Waals surface area contributed by atoms with E-state index in [1.165, 1.54) is 44.9 Å². The molecule has 0 atom stereocenters. The summed E-state index contributed by atoms with van der Waals surface area (Å²) in [5, 5.41) is 13.0. The number of carbonyl (C=O) groups is 1. The summed E-state index contributed by atoms with van der Waals surface area (Å²) in [6.45, 7) is 2.56. The lowest BCUT2D eigenvalue weighted by Gasteiger charge is -2.18. The number of carbonyl (C=O) groups excluding carboxylic acids is 1. The molecule has 1 aromatic heterocycles. The van der Waals surface area contributed by atoms with Crippen LogP contribution in [0.25, 0.3) is 0 Å². The quantitative estimate of drug-likeness (QED) is 0.927. The van der Waals surface area contributed by atoms with Gasteiger partial charge in [0.15, 0.2) is 0 Å². The molecule has 1 saturated heterocycles. The lowest BCUT2D eigenvalue weighted by Crippen LogP contribution is -2.30. The topological polar surface area (TPSA) is 58.1 Å². The molecule has 6 heteroatoms. The van der Waals surface area contributed by atoms with Crippen LogP contribution in [0.3, 0.4) is 0 Å². The second kappa shape index (κ2) is 6.63. The Balaban J connectivity index is 1.52. The molecular formula is C14H22N4OS. The smallest absolute Gasteiger partial charge is 0.240 e. The first-order valence-electron chi connectivity index (χ1n) is 7.67. The number of nitrogens with one attached hydrogen (secondary N) is 1. The van der Waals surface area contributed by atoms with E-state index in [0.29, 0.717) is 17.6 Å². The van der Waals surface area contributed by atoms with Gasteiger partial charge in [-0.1, -0.05) is 30.6 Å². The van der Waals surface area contributed by atoms with Crippen molar-refractivity contribution in [2.24, 2.45) is 0 Å². The number of amides is 1. The van der Waals surface area contributed by atoms with E-state index < -0.39 is 0 Å². The van der Waals surface area contributed by atoms with Crippen molar-refractivity contribution in [1.29, 1.82) is 0 Å². The van der Waals surface area contributed by atoms with Crippen LogP contribution in [-0.4, -0.2) is 40.6 Å². The zero-order valence-corrected chi connectivity index (χ0v) is 12.6. The molecule has 2 aliphatic rings. The van der Waals surface area contributed by atoms with Crippen LogP contribution in [-0.2, 0) is 4.79 Å². The maximum absolute atomic E-state index is 11.9. The first kappa shape index (κ1) is 13.9. The number of hydrogen-bond donors (Lipinski definition) is 1. The van der Waals surface area contributed by atoms with E-state index in [1.54, 1.807) is 11.3 Å². The number of hydrogen-bond acceptors (Lipinski definition) is 5. The molecule has 1 amide bonds. The summed E-state index contributed by atoms with van der Waals surface area (Å²) in [6, 6.07) is 0. The minimum absolute atomic E-state index is 0.0400. The fourth-order valence-corrected chi connectivity index (χ4v) is 4.03. The van der Waals surface area contributed by atoms with Crippen LogP contribution >= 0.6 is 11.3 Å². The molecule has 1 aliphatic heterocycles. The maximum atomic E-state index is 11.9. The van der Waals surface area contributed by atoms with Gasteiger partial charge in [-0.15, -0.1) is 10.2 Å². The van der Waals surface area contributed by atoms with Crippen LogP contribution in [0.5, 0.6) is 0 Å². The Labute approximate surface area is 123 Å². The molecule has 0 radical (unpaired) electrons. The van der Waals surface area contributed by atoms with Crippen LogP contribution < -0.4 is 5.32 Å².